The van der Waals surface area contributed by atoms with Crippen LogP contribution in [-0.2, 0) is 4.74 Å². The van der Waals surface area contributed by atoms with Gasteiger partial charge < -0.3 is 10.5 Å². The zero-order valence-electron chi connectivity index (χ0n) is 10.9. The molecular formula is C14H29NO. The van der Waals surface area contributed by atoms with E-state index in [1.54, 1.807) is 0 Å². The highest BCUT2D eigenvalue weighted by molar-refractivity contribution is 4.77. The van der Waals surface area contributed by atoms with Gasteiger partial charge in [0.2, 0.25) is 0 Å². The summed E-state index contributed by atoms with van der Waals surface area (Å²) in [5.41, 5.74) is 6.12. The summed E-state index contributed by atoms with van der Waals surface area (Å²) in [4.78, 5) is 0. The molecule has 2 N–H and O–H groups in total. The number of rotatable bonds is 9. The first-order valence-electron chi connectivity index (χ1n) is 7.21. The molecule has 1 heterocycles. The normalized spacial score (nSPS) is 22.5. The van der Waals surface area contributed by atoms with Crippen LogP contribution in [0.1, 0.15) is 71.1 Å². The van der Waals surface area contributed by atoms with E-state index in [4.69, 9.17) is 10.5 Å². The maximum absolute atomic E-state index is 6.12. The largest absolute Gasteiger partial charge is 0.377 e. The fourth-order valence-corrected chi connectivity index (χ4v) is 2.46. The summed E-state index contributed by atoms with van der Waals surface area (Å²) in [7, 11) is 0. The standard InChI is InChI=1S/C14H29NO/c1-2-3-4-5-6-7-8-10-13(15)14-11-9-12-16-14/h13-14H,2-12,15H2,1H3. The summed E-state index contributed by atoms with van der Waals surface area (Å²) in [5, 5.41) is 0. The average molecular weight is 227 g/mol. The van der Waals surface area contributed by atoms with Crippen molar-refractivity contribution in [2.75, 3.05) is 6.61 Å². The molecule has 2 nitrogen and oxygen atoms in total. The van der Waals surface area contributed by atoms with Crippen LogP contribution in [0.2, 0.25) is 0 Å². The highest BCUT2D eigenvalue weighted by Crippen LogP contribution is 2.18. The lowest BCUT2D eigenvalue weighted by atomic mass is 10.0. The molecule has 96 valence electrons. The molecule has 2 heteroatoms. The molecule has 16 heavy (non-hydrogen) atoms. The van der Waals surface area contributed by atoms with E-state index in [9.17, 15) is 0 Å². The third kappa shape index (κ3) is 5.86. The predicted octanol–water partition coefficient (Wildman–Crippen LogP) is 3.63. The van der Waals surface area contributed by atoms with Gasteiger partial charge in [-0.1, -0.05) is 51.9 Å². The van der Waals surface area contributed by atoms with Crippen LogP contribution < -0.4 is 5.73 Å². The summed E-state index contributed by atoms with van der Waals surface area (Å²) in [6.45, 7) is 3.19. The van der Waals surface area contributed by atoms with Crippen molar-refractivity contribution in [1.82, 2.24) is 0 Å². The summed E-state index contributed by atoms with van der Waals surface area (Å²) < 4.78 is 5.60. The minimum absolute atomic E-state index is 0.290. The smallest absolute Gasteiger partial charge is 0.0726 e. The molecule has 0 saturated carbocycles. The first-order valence-corrected chi connectivity index (χ1v) is 7.21. The first-order chi connectivity index (χ1) is 7.84. The lowest BCUT2D eigenvalue weighted by Crippen LogP contribution is -2.33. The number of hydrogen-bond donors (Lipinski definition) is 1. The van der Waals surface area contributed by atoms with Crippen molar-refractivity contribution in [2.24, 2.45) is 5.73 Å². The van der Waals surface area contributed by atoms with Gasteiger partial charge in [-0.05, 0) is 19.3 Å². The number of nitrogens with two attached hydrogens (primary N) is 1. The maximum Gasteiger partial charge on any atom is 0.0726 e. The van der Waals surface area contributed by atoms with Crippen LogP contribution in [-0.4, -0.2) is 18.8 Å². The average Bonchev–Trinajstić information content (AvgIpc) is 2.81. The van der Waals surface area contributed by atoms with Gasteiger partial charge in [0.25, 0.3) is 0 Å². The molecule has 0 amide bonds. The molecular weight excluding hydrogens is 198 g/mol. The highest BCUT2D eigenvalue weighted by atomic mass is 16.5. The third-order valence-corrected chi connectivity index (χ3v) is 3.58. The molecule has 0 aromatic rings. The van der Waals surface area contributed by atoms with Gasteiger partial charge >= 0.3 is 0 Å². The fraction of sp³-hybridized carbons (Fsp3) is 1.00. The Labute approximate surface area is 101 Å². The SMILES string of the molecule is CCCCCCCCCC(N)C1CCCO1. The Hall–Kier alpha value is -0.0800. The minimum Gasteiger partial charge on any atom is -0.377 e. The molecule has 0 radical (unpaired) electrons. The van der Waals surface area contributed by atoms with Crippen molar-refractivity contribution < 1.29 is 4.74 Å². The van der Waals surface area contributed by atoms with Crippen LogP contribution in [0.5, 0.6) is 0 Å². The molecule has 0 aromatic heterocycles. The van der Waals surface area contributed by atoms with Crippen molar-refractivity contribution in [3.63, 3.8) is 0 Å². The molecule has 2 atom stereocenters. The number of ether oxygens (including phenoxy) is 1. The quantitative estimate of drug-likeness (QED) is 0.610. The zero-order chi connectivity index (χ0) is 11.6. The highest BCUT2D eigenvalue weighted by Gasteiger charge is 2.21. The van der Waals surface area contributed by atoms with Gasteiger partial charge in [-0.3, -0.25) is 0 Å². The molecule has 1 aliphatic rings. The summed E-state index contributed by atoms with van der Waals surface area (Å²) >= 11 is 0. The van der Waals surface area contributed by atoms with Crippen molar-refractivity contribution in [3.05, 3.63) is 0 Å². The topological polar surface area (TPSA) is 35.2 Å². The summed E-state index contributed by atoms with van der Waals surface area (Å²) in [6, 6.07) is 0.290. The Morgan fingerprint density at radius 3 is 2.44 bits per heavy atom. The fourth-order valence-electron chi connectivity index (χ4n) is 2.46. The lowest BCUT2D eigenvalue weighted by molar-refractivity contribution is 0.0867. The van der Waals surface area contributed by atoms with Gasteiger partial charge in [-0.15, -0.1) is 0 Å². The van der Waals surface area contributed by atoms with E-state index in [0.29, 0.717) is 6.10 Å². The Kier molecular flexibility index (Phi) is 7.87. The van der Waals surface area contributed by atoms with Crippen molar-refractivity contribution in [3.8, 4) is 0 Å². The van der Waals surface area contributed by atoms with Gasteiger partial charge in [-0.2, -0.15) is 0 Å². The Balaban J connectivity index is 1.86. The Morgan fingerprint density at radius 2 is 1.81 bits per heavy atom. The van der Waals surface area contributed by atoms with E-state index in [-0.39, 0.29) is 6.04 Å². The van der Waals surface area contributed by atoms with Crippen molar-refractivity contribution in [1.29, 1.82) is 0 Å². The molecule has 1 rings (SSSR count). The van der Waals surface area contributed by atoms with Crippen molar-refractivity contribution in [2.45, 2.75) is 83.3 Å². The molecule has 1 fully saturated rings. The monoisotopic (exact) mass is 227 g/mol. The second kappa shape index (κ2) is 9.00. The molecule has 0 aromatic carbocycles. The second-order valence-corrected chi connectivity index (χ2v) is 5.13. The van der Waals surface area contributed by atoms with Gasteiger partial charge in [0.15, 0.2) is 0 Å². The Bertz CT molecular complexity index is 155. The van der Waals surface area contributed by atoms with Gasteiger partial charge in [0.05, 0.1) is 6.10 Å². The van der Waals surface area contributed by atoms with E-state index in [2.05, 4.69) is 6.92 Å². The Morgan fingerprint density at radius 1 is 1.12 bits per heavy atom. The lowest BCUT2D eigenvalue weighted by Gasteiger charge is -2.18. The molecule has 1 saturated heterocycles. The van der Waals surface area contributed by atoms with Gasteiger partial charge in [-0.25, -0.2) is 0 Å². The van der Waals surface area contributed by atoms with E-state index < -0.39 is 0 Å². The zero-order valence-corrected chi connectivity index (χ0v) is 10.9. The number of hydrogen-bond acceptors (Lipinski definition) is 2. The van der Waals surface area contributed by atoms with Crippen LogP contribution in [0, 0.1) is 0 Å². The van der Waals surface area contributed by atoms with Crippen LogP contribution in [0.4, 0.5) is 0 Å². The van der Waals surface area contributed by atoms with E-state index in [0.717, 1.165) is 13.0 Å². The molecule has 2 unspecified atom stereocenters. The number of unbranched alkanes of at least 4 members (excludes halogenated alkanes) is 6. The van der Waals surface area contributed by atoms with E-state index in [1.165, 1.54) is 57.8 Å². The molecule has 0 bridgehead atoms. The van der Waals surface area contributed by atoms with Crippen LogP contribution >= 0.6 is 0 Å². The van der Waals surface area contributed by atoms with Crippen LogP contribution in [0.15, 0.2) is 0 Å². The molecule has 1 aliphatic heterocycles. The van der Waals surface area contributed by atoms with Gasteiger partial charge in [0, 0.05) is 12.6 Å². The molecule has 0 spiro atoms. The van der Waals surface area contributed by atoms with Crippen molar-refractivity contribution >= 4 is 0 Å². The minimum atomic E-state index is 0.290. The maximum atomic E-state index is 6.12. The van der Waals surface area contributed by atoms with Crippen LogP contribution in [0.3, 0.4) is 0 Å². The second-order valence-electron chi connectivity index (χ2n) is 5.13. The first kappa shape index (κ1) is 14.0. The summed E-state index contributed by atoms with van der Waals surface area (Å²) in [5.74, 6) is 0. The van der Waals surface area contributed by atoms with Gasteiger partial charge in [0.1, 0.15) is 0 Å². The molecule has 0 aliphatic carbocycles. The predicted molar refractivity (Wildman–Crippen MR) is 69.6 cm³/mol. The summed E-state index contributed by atoms with van der Waals surface area (Å²) in [6.07, 6.45) is 13.5. The third-order valence-electron chi connectivity index (χ3n) is 3.58. The van der Waals surface area contributed by atoms with E-state index >= 15 is 0 Å². The van der Waals surface area contributed by atoms with Crippen LogP contribution in [0.25, 0.3) is 0 Å². The van der Waals surface area contributed by atoms with E-state index in [1.807, 2.05) is 0 Å².